The van der Waals surface area contributed by atoms with E-state index in [1.54, 1.807) is 0 Å². The first kappa shape index (κ1) is 10.8. The fraction of sp³-hybridized carbons (Fsp3) is 0.286. The molecule has 0 aliphatic carbocycles. The predicted molar refractivity (Wildman–Crippen MR) is 63.4 cm³/mol. The van der Waals surface area contributed by atoms with Gasteiger partial charge in [0.2, 0.25) is 0 Å². The van der Waals surface area contributed by atoms with Gasteiger partial charge in [-0.15, -0.1) is 0 Å². The van der Waals surface area contributed by atoms with Crippen molar-refractivity contribution in [3.63, 3.8) is 0 Å². The normalized spacial score (nSPS) is 11.0. The Morgan fingerprint density at radius 3 is 2.36 bits per heavy atom. The second-order valence-corrected chi connectivity index (χ2v) is 4.29. The van der Waals surface area contributed by atoms with Crippen molar-refractivity contribution in [1.82, 2.24) is 0 Å². The first-order valence-electron chi connectivity index (χ1n) is 4.92. The maximum absolute atomic E-state index is 3.97. The van der Waals surface area contributed by atoms with Crippen LogP contribution in [0, 0.1) is 0 Å². The SMILES string of the molecule is C=CC(=C)CC(C)(C)c1ccccc1. The molecule has 0 nitrogen and oxygen atoms in total. The number of hydrogen-bond acceptors (Lipinski definition) is 0. The van der Waals surface area contributed by atoms with Crippen LogP contribution in [0.5, 0.6) is 0 Å². The van der Waals surface area contributed by atoms with Crippen LogP contribution in [-0.4, -0.2) is 0 Å². The molecule has 0 unspecified atom stereocenters. The van der Waals surface area contributed by atoms with E-state index >= 15 is 0 Å². The second kappa shape index (κ2) is 4.28. The summed E-state index contributed by atoms with van der Waals surface area (Å²) < 4.78 is 0. The Morgan fingerprint density at radius 1 is 1.29 bits per heavy atom. The molecule has 0 N–H and O–H groups in total. The van der Waals surface area contributed by atoms with Crippen LogP contribution in [0.3, 0.4) is 0 Å². The highest BCUT2D eigenvalue weighted by Crippen LogP contribution is 2.29. The van der Waals surface area contributed by atoms with Crippen LogP contribution in [0.15, 0.2) is 55.1 Å². The molecule has 0 spiro atoms. The van der Waals surface area contributed by atoms with Gasteiger partial charge in [0, 0.05) is 0 Å². The maximum atomic E-state index is 3.97. The molecule has 1 aromatic carbocycles. The van der Waals surface area contributed by atoms with Gasteiger partial charge in [0.25, 0.3) is 0 Å². The van der Waals surface area contributed by atoms with E-state index in [1.165, 1.54) is 5.56 Å². The molecule has 0 fully saturated rings. The topological polar surface area (TPSA) is 0 Å². The van der Waals surface area contributed by atoms with Crippen molar-refractivity contribution >= 4 is 0 Å². The van der Waals surface area contributed by atoms with Crippen molar-refractivity contribution in [1.29, 1.82) is 0 Å². The van der Waals surface area contributed by atoms with Gasteiger partial charge in [0.1, 0.15) is 0 Å². The zero-order valence-electron chi connectivity index (χ0n) is 9.09. The summed E-state index contributed by atoms with van der Waals surface area (Å²) >= 11 is 0. The Hall–Kier alpha value is -1.30. The summed E-state index contributed by atoms with van der Waals surface area (Å²) in [6, 6.07) is 10.5. The summed E-state index contributed by atoms with van der Waals surface area (Å²) in [6.45, 7) is 12.2. The maximum Gasteiger partial charge on any atom is -0.00634 e. The second-order valence-electron chi connectivity index (χ2n) is 4.29. The van der Waals surface area contributed by atoms with Gasteiger partial charge in [-0.3, -0.25) is 0 Å². The van der Waals surface area contributed by atoms with Gasteiger partial charge in [-0.1, -0.05) is 69.0 Å². The molecule has 0 radical (unpaired) electrons. The summed E-state index contributed by atoms with van der Waals surface area (Å²) in [6.07, 6.45) is 2.80. The molecule has 0 saturated heterocycles. The molecule has 0 aliphatic heterocycles. The summed E-state index contributed by atoms with van der Waals surface area (Å²) in [5.74, 6) is 0. The van der Waals surface area contributed by atoms with Gasteiger partial charge < -0.3 is 0 Å². The standard InChI is InChI=1S/C14H18/c1-5-12(2)11-14(3,4)13-9-7-6-8-10-13/h5-10H,1-2,11H2,3-4H3. The molecule has 0 heteroatoms. The Morgan fingerprint density at radius 2 is 1.86 bits per heavy atom. The molecule has 0 heterocycles. The molecule has 0 saturated carbocycles. The first-order valence-corrected chi connectivity index (χ1v) is 4.92. The minimum atomic E-state index is 0.145. The molecule has 74 valence electrons. The van der Waals surface area contributed by atoms with Crippen molar-refractivity contribution in [2.24, 2.45) is 0 Å². The molecule has 0 bridgehead atoms. The molecule has 0 aliphatic rings. The Labute approximate surface area is 87.0 Å². The van der Waals surface area contributed by atoms with Gasteiger partial charge in [-0.05, 0) is 17.4 Å². The van der Waals surface area contributed by atoms with Crippen molar-refractivity contribution in [2.75, 3.05) is 0 Å². The van der Waals surface area contributed by atoms with E-state index in [2.05, 4.69) is 51.3 Å². The van der Waals surface area contributed by atoms with E-state index in [0.29, 0.717) is 0 Å². The van der Waals surface area contributed by atoms with E-state index in [0.717, 1.165) is 12.0 Å². The van der Waals surface area contributed by atoms with Gasteiger partial charge in [-0.25, -0.2) is 0 Å². The quantitative estimate of drug-likeness (QED) is 0.621. The minimum Gasteiger partial charge on any atom is -0.0988 e. The Bertz CT molecular complexity index is 317. The van der Waals surface area contributed by atoms with Gasteiger partial charge in [-0.2, -0.15) is 0 Å². The van der Waals surface area contributed by atoms with Gasteiger partial charge >= 0.3 is 0 Å². The average Bonchev–Trinajstić information content (AvgIpc) is 2.18. The van der Waals surface area contributed by atoms with Crippen molar-refractivity contribution in [3.8, 4) is 0 Å². The van der Waals surface area contributed by atoms with Crippen molar-refractivity contribution in [2.45, 2.75) is 25.7 Å². The van der Waals surface area contributed by atoms with E-state index in [9.17, 15) is 0 Å². The van der Waals surface area contributed by atoms with Crippen LogP contribution in [0.4, 0.5) is 0 Å². The molecule has 0 aromatic heterocycles. The van der Waals surface area contributed by atoms with Crippen LogP contribution >= 0.6 is 0 Å². The Balaban J connectivity index is 2.85. The monoisotopic (exact) mass is 186 g/mol. The lowest BCUT2D eigenvalue weighted by atomic mass is 9.79. The minimum absolute atomic E-state index is 0.145. The molecular weight excluding hydrogens is 168 g/mol. The predicted octanol–water partition coefficient (Wildman–Crippen LogP) is 4.10. The van der Waals surface area contributed by atoms with Crippen LogP contribution < -0.4 is 0 Å². The Kier molecular flexibility index (Phi) is 3.29. The summed E-state index contributed by atoms with van der Waals surface area (Å²) in [7, 11) is 0. The highest BCUT2D eigenvalue weighted by Gasteiger charge is 2.20. The van der Waals surface area contributed by atoms with Crippen LogP contribution in [0.25, 0.3) is 0 Å². The highest BCUT2D eigenvalue weighted by molar-refractivity contribution is 5.27. The van der Waals surface area contributed by atoms with Crippen LogP contribution in [0.2, 0.25) is 0 Å². The number of benzene rings is 1. The molecule has 1 aromatic rings. The van der Waals surface area contributed by atoms with E-state index in [1.807, 2.05) is 12.1 Å². The third kappa shape index (κ3) is 2.59. The molecule has 1 rings (SSSR count). The third-order valence-electron chi connectivity index (χ3n) is 2.51. The van der Waals surface area contributed by atoms with Crippen LogP contribution in [-0.2, 0) is 5.41 Å². The zero-order chi connectivity index (χ0) is 10.6. The van der Waals surface area contributed by atoms with E-state index < -0.39 is 0 Å². The fourth-order valence-corrected chi connectivity index (χ4v) is 1.63. The smallest absolute Gasteiger partial charge is 0.00634 e. The molecular formula is C14H18. The molecule has 0 amide bonds. The van der Waals surface area contributed by atoms with Crippen molar-refractivity contribution < 1.29 is 0 Å². The van der Waals surface area contributed by atoms with E-state index in [-0.39, 0.29) is 5.41 Å². The molecule has 14 heavy (non-hydrogen) atoms. The fourth-order valence-electron chi connectivity index (χ4n) is 1.63. The summed E-state index contributed by atoms with van der Waals surface area (Å²) in [5, 5.41) is 0. The lowest BCUT2D eigenvalue weighted by molar-refractivity contribution is 0.525. The van der Waals surface area contributed by atoms with Crippen molar-refractivity contribution in [3.05, 3.63) is 60.7 Å². The van der Waals surface area contributed by atoms with Gasteiger partial charge in [0.05, 0.1) is 0 Å². The first-order chi connectivity index (χ1) is 6.56. The molecule has 0 atom stereocenters. The van der Waals surface area contributed by atoms with Crippen LogP contribution in [0.1, 0.15) is 25.8 Å². The number of hydrogen-bond donors (Lipinski definition) is 0. The van der Waals surface area contributed by atoms with E-state index in [4.69, 9.17) is 0 Å². The highest BCUT2D eigenvalue weighted by atomic mass is 14.2. The summed E-state index contributed by atoms with van der Waals surface area (Å²) in [5.41, 5.74) is 2.59. The lowest BCUT2D eigenvalue weighted by Crippen LogP contribution is -2.17. The number of allylic oxidation sites excluding steroid dienone is 2. The zero-order valence-corrected chi connectivity index (χ0v) is 9.09. The van der Waals surface area contributed by atoms with Gasteiger partial charge in [0.15, 0.2) is 0 Å². The average molecular weight is 186 g/mol. The lowest BCUT2D eigenvalue weighted by Gasteiger charge is -2.25. The third-order valence-corrected chi connectivity index (χ3v) is 2.51. The number of rotatable bonds is 4. The summed E-state index contributed by atoms with van der Waals surface area (Å²) in [4.78, 5) is 0. The largest absolute Gasteiger partial charge is 0.0988 e.